The summed E-state index contributed by atoms with van der Waals surface area (Å²) in [5, 5.41) is 3.60. The van der Waals surface area contributed by atoms with E-state index in [-0.39, 0.29) is 16.3 Å². The molecule has 0 aromatic heterocycles. The molecule has 0 aliphatic carbocycles. The van der Waals surface area contributed by atoms with Crippen LogP contribution in [0.2, 0.25) is 5.02 Å². The summed E-state index contributed by atoms with van der Waals surface area (Å²) in [4.78, 5) is 28.7. The van der Waals surface area contributed by atoms with E-state index in [1.807, 2.05) is 0 Å². The minimum absolute atomic E-state index is 0.0656. The summed E-state index contributed by atoms with van der Waals surface area (Å²) < 4.78 is 24.1. The van der Waals surface area contributed by atoms with Crippen molar-refractivity contribution in [1.29, 1.82) is 0 Å². The van der Waals surface area contributed by atoms with Crippen molar-refractivity contribution in [2.24, 2.45) is 0 Å². The molecule has 3 aromatic carbocycles. The Hall–Kier alpha value is -3.49. The number of imide groups is 1. The Morgan fingerprint density at radius 1 is 0.909 bits per heavy atom. The lowest BCUT2D eigenvalue weighted by Crippen LogP contribution is -2.32. The summed E-state index contributed by atoms with van der Waals surface area (Å²) >= 11 is 7.10. The predicted octanol–water partition coefficient (Wildman–Crippen LogP) is 5.49. The fourth-order valence-corrected chi connectivity index (χ4v) is 4.26. The number of halogens is 2. The van der Waals surface area contributed by atoms with Crippen LogP contribution in [-0.2, 0) is 9.59 Å². The maximum absolute atomic E-state index is 13.4. The first-order valence-electron chi connectivity index (χ1n) is 9.72. The van der Waals surface area contributed by atoms with Gasteiger partial charge in [0, 0.05) is 16.0 Å². The van der Waals surface area contributed by atoms with Crippen molar-refractivity contribution in [3.63, 3.8) is 0 Å². The molecular formula is C24H18ClFN2O4S. The van der Waals surface area contributed by atoms with Crippen LogP contribution in [0, 0.1) is 5.82 Å². The van der Waals surface area contributed by atoms with Crippen molar-refractivity contribution < 1.29 is 23.5 Å². The predicted molar refractivity (Wildman–Crippen MR) is 126 cm³/mol. The van der Waals surface area contributed by atoms with E-state index in [9.17, 15) is 14.0 Å². The highest BCUT2D eigenvalue weighted by Crippen LogP contribution is 2.40. The Labute approximate surface area is 198 Å². The number of carbonyl (C=O) groups is 2. The van der Waals surface area contributed by atoms with E-state index >= 15 is 0 Å². The monoisotopic (exact) mass is 484 g/mol. The zero-order valence-electron chi connectivity index (χ0n) is 17.6. The highest BCUT2D eigenvalue weighted by Gasteiger charge is 2.40. The molecule has 9 heteroatoms. The van der Waals surface area contributed by atoms with Crippen molar-refractivity contribution in [1.82, 2.24) is 0 Å². The molecule has 0 saturated heterocycles. The number of hydrogen-bond acceptors (Lipinski definition) is 6. The average molecular weight is 485 g/mol. The number of amides is 2. The maximum Gasteiger partial charge on any atom is 0.283 e. The number of anilines is 2. The SMILES string of the molecule is COc1ccc(OC)c(NC2=C(Sc3ccc(Cl)cc3)C(=O)N(c3ccc(F)cc3)C2=O)c1. The van der Waals surface area contributed by atoms with Crippen LogP contribution in [0.4, 0.5) is 15.8 Å². The molecule has 0 fully saturated rings. The minimum Gasteiger partial charge on any atom is -0.497 e. The van der Waals surface area contributed by atoms with Gasteiger partial charge < -0.3 is 14.8 Å². The molecule has 1 N–H and O–H groups in total. The zero-order chi connectivity index (χ0) is 23.5. The number of benzene rings is 3. The van der Waals surface area contributed by atoms with Crippen LogP contribution in [-0.4, -0.2) is 26.0 Å². The van der Waals surface area contributed by atoms with Gasteiger partial charge in [0.15, 0.2) is 0 Å². The third-order valence-corrected chi connectivity index (χ3v) is 6.17. The zero-order valence-corrected chi connectivity index (χ0v) is 19.2. The topological polar surface area (TPSA) is 67.9 Å². The molecule has 1 heterocycles. The van der Waals surface area contributed by atoms with Crippen LogP contribution in [0.1, 0.15) is 0 Å². The second kappa shape index (κ2) is 9.56. The number of nitrogens with zero attached hydrogens (tertiary/aromatic N) is 1. The van der Waals surface area contributed by atoms with Gasteiger partial charge in [-0.2, -0.15) is 0 Å². The Morgan fingerprint density at radius 3 is 2.24 bits per heavy atom. The van der Waals surface area contributed by atoms with E-state index in [1.165, 1.54) is 38.5 Å². The molecule has 1 aliphatic rings. The molecule has 33 heavy (non-hydrogen) atoms. The van der Waals surface area contributed by atoms with Gasteiger partial charge in [0.05, 0.1) is 25.6 Å². The minimum atomic E-state index is -0.576. The molecule has 0 spiro atoms. The van der Waals surface area contributed by atoms with Crippen LogP contribution in [0.5, 0.6) is 11.5 Å². The van der Waals surface area contributed by atoms with Gasteiger partial charge in [0.25, 0.3) is 11.8 Å². The van der Waals surface area contributed by atoms with Crippen LogP contribution in [0.15, 0.2) is 82.2 Å². The molecule has 0 radical (unpaired) electrons. The fraction of sp³-hybridized carbons (Fsp3) is 0.0833. The van der Waals surface area contributed by atoms with E-state index in [0.717, 1.165) is 16.7 Å². The van der Waals surface area contributed by atoms with E-state index in [2.05, 4.69) is 5.32 Å². The van der Waals surface area contributed by atoms with E-state index < -0.39 is 17.6 Å². The summed E-state index contributed by atoms with van der Waals surface area (Å²) in [6.07, 6.45) is 0. The summed E-state index contributed by atoms with van der Waals surface area (Å²) in [6, 6.07) is 17.1. The molecule has 0 unspecified atom stereocenters. The normalized spacial score (nSPS) is 13.5. The molecular weight excluding hydrogens is 467 g/mol. The van der Waals surface area contributed by atoms with Crippen LogP contribution in [0.25, 0.3) is 0 Å². The third kappa shape index (κ3) is 4.67. The van der Waals surface area contributed by atoms with E-state index in [4.69, 9.17) is 21.1 Å². The number of carbonyl (C=O) groups excluding carboxylic acids is 2. The van der Waals surface area contributed by atoms with Crippen molar-refractivity contribution in [3.8, 4) is 11.5 Å². The van der Waals surface area contributed by atoms with Crippen LogP contribution in [0.3, 0.4) is 0 Å². The summed E-state index contributed by atoms with van der Waals surface area (Å²) in [5.74, 6) is -0.581. The molecule has 0 atom stereocenters. The molecule has 3 aromatic rings. The van der Waals surface area contributed by atoms with Crippen molar-refractivity contribution in [2.75, 3.05) is 24.4 Å². The van der Waals surface area contributed by atoms with Crippen molar-refractivity contribution >= 4 is 46.6 Å². The quantitative estimate of drug-likeness (QED) is 0.447. The number of rotatable bonds is 7. The van der Waals surface area contributed by atoms with Gasteiger partial charge in [-0.25, -0.2) is 9.29 Å². The highest BCUT2D eigenvalue weighted by molar-refractivity contribution is 8.04. The molecule has 1 aliphatic heterocycles. The van der Waals surface area contributed by atoms with Gasteiger partial charge in [0.2, 0.25) is 0 Å². The smallest absolute Gasteiger partial charge is 0.283 e. The molecule has 168 valence electrons. The first kappa shape index (κ1) is 22.7. The molecule has 6 nitrogen and oxygen atoms in total. The standard InChI is InChI=1S/C24H18ClFN2O4S/c1-31-17-9-12-20(32-2)19(13-17)27-21-22(33-18-10-3-14(25)4-11-18)24(30)28(23(21)29)16-7-5-15(26)6-8-16/h3-13,27H,1-2H3. The van der Waals surface area contributed by atoms with Gasteiger partial charge in [-0.3, -0.25) is 9.59 Å². The maximum atomic E-state index is 13.4. The van der Waals surface area contributed by atoms with Crippen LogP contribution < -0.4 is 19.7 Å². The second-order valence-corrected chi connectivity index (χ2v) is 8.39. The lowest BCUT2D eigenvalue weighted by atomic mass is 10.2. The Bertz CT molecular complexity index is 1250. The fourth-order valence-electron chi connectivity index (χ4n) is 3.21. The summed E-state index contributed by atoms with van der Waals surface area (Å²) in [7, 11) is 3.02. The highest BCUT2D eigenvalue weighted by atomic mass is 35.5. The van der Waals surface area contributed by atoms with Crippen molar-refractivity contribution in [3.05, 3.63) is 88.2 Å². The number of hydrogen-bond donors (Lipinski definition) is 1. The molecule has 4 rings (SSSR count). The second-order valence-electron chi connectivity index (χ2n) is 6.87. The number of methoxy groups -OCH3 is 2. The summed E-state index contributed by atoms with van der Waals surface area (Å²) in [6.45, 7) is 0. The molecule has 0 bridgehead atoms. The van der Waals surface area contributed by atoms with Crippen LogP contribution >= 0.6 is 23.4 Å². The lowest BCUT2D eigenvalue weighted by Gasteiger charge is -2.16. The Balaban J connectivity index is 1.78. The van der Waals surface area contributed by atoms with E-state index in [0.29, 0.717) is 27.1 Å². The Morgan fingerprint density at radius 2 is 1.61 bits per heavy atom. The van der Waals surface area contributed by atoms with E-state index in [1.54, 1.807) is 42.5 Å². The molecule has 2 amide bonds. The van der Waals surface area contributed by atoms with Gasteiger partial charge in [-0.1, -0.05) is 23.4 Å². The third-order valence-electron chi connectivity index (χ3n) is 4.83. The summed E-state index contributed by atoms with van der Waals surface area (Å²) in [5.41, 5.74) is 0.772. The first-order valence-corrected chi connectivity index (χ1v) is 10.9. The van der Waals surface area contributed by atoms with Crippen molar-refractivity contribution in [2.45, 2.75) is 4.90 Å². The number of ether oxygens (including phenoxy) is 2. The largest absolute Gasteiger partial charge is 0.497 e. The van der Waals surface area contributed by atoms with Gasteiger partial charge in [0.1, 0.15) is 27.9 Å². The van der Waals surface area contributed by atoms with Gasteiger partial charge in [-0.05, 0) is 60.7 Å². The Kier molecular flexibility index (Phi) is 6.57. The average Bonchev–Trinajstić information content (AvgIpc) is 3.05. The lowest BCUT2D eigenvalue weighted by molar-refractivity contribution is -0.120. The van der Waals surface area contributed by atoms with Gasteiger partial charge >= 0.3 is 0 Å². The number of nitrogens with one attached hydrogen (secondary N) is 1. The first-order chi connectivity index (χ1) is 15.9. The molecule has 0 saturated carbocycles. The van der Waals surface area contributed by atoms with Gasteiger partial charge in [-0.15, -0.1) is 0 Å². The number of thioether (sulfide) groups is 1.